The van der Waals surface area contributed by atoms with Gasteiger partial charge in [-0.2, -0.15) is 0 Å². The molecule has 2 heterocycles. The van der Waals surface area contributed by atoms with E-state index in [2.05, 4.69) is 34.4 Å². The molecule has 2 aromatic rings. The number of carbonyl (C=O) groups excluding carboxylic acids is 1. The van der Waals surface area contributed by atoms with Gasteiger partial charge in [0.05, 0.1) is 27.8 Å². The number of carbonyl (C=O) groups is 1. The molecule has 0 unspecified atom stereocenters. The van der Waals surface area contributed by atoms with Crippen LogP contribution in [0.15, 0.2) is 12.4 Å². The summed E-state index contributed by atoms with van der Waals surface area (Å²) in [5.41, 5.74) is 8.41. The zero-order chi connectivity index (χ0) is 20.5. The van der Waals surface area contributed by atoms with Gasteiger partial charge in [-0.25, -0.2) is 4.98 Å². The van der Waals surface area contributed by atoms with E-state index < -0.39 is 5.91 Å². The second-order valence-corrected chi connectivity index (χ2v) is 8.35. The predicted octanol–water partition coefficient (Wildman–Crippen LogP) is 4.20. The standard InChI is InChI=1S/C19H22Cl2N6O/c1-19(2)4-3-10-11(7-19)14(16(23)28)18(25-6-5-22)27-17(10)26-15-12(20)8-24-9-13(15)21/h5,8-9,22H,3-4,6-7H2,1-2H3,(H2,23,28)(H2,24,25,26,27). The van der Waals surface area contributed by atoms with Crippen LogP contribution in [0.3, 0.4) is 0 Å². The molecule has 0 fully saturated rings. The average molecular weight is 421 g/mol. The summed E-state index contributed by atoms with van der Waals surface area (Å²) >= 11 is 12.5. The van der Waals surface area contributed by atoms with Crippen LogP contribution in [-0.4, -0.2) is 28.6 Å². The van der Waals surface area contributed by atoms with Gasteiger partial charge in [0.2, 0.25) is 0 Å². The zero-order valence-electron chi connectivity index (χ0n) is 15.7. The van der Waals surface area contributed by atoms with Crippen molar-refractivity contribution in [1.29, 1.82) is 5.41 Å². The molecule has 0 aromatic carbocycles. The summed E-state index contributed by atoms with van der Waals surface area (Å²) in [5.74, 6) is 0.370. The van der Waals surface area contributed by atoms with Crippen LogP contribution in [0, 0.1) is 10.8 Å². The molecule has 1 aliphatic carbocycles. The van der Waals surface area contributed by atoms with Gasteiger partial charge in [0, 0.05) is 18.6 Å². The van der Waals surface area contributed by atoms with Crippen LogP contribution in [0.1, 0.15) is 41.8 Å². The van der Waals surface area contributed by atoms with Crippen LogP contribution >= 0.6 is 23.2 Å². The monoisotopic (exact) mass is 420 g/mol. The number of nitrogens with two attached hydrogens (primary N) is 1. The van der Waals surface area contributed by atoms with Gasteiger partial charge in [0.25, 0.3) is 5.91 Å². The third kappa shape index (κ3) is 4.05. The highest BCUT2D eigenvalue weighted by Crippen LogP contribution is 2.42. The minimum Gasteiger partial charge on any atom is -0.365 e. The highest BCUT2D eigenvalue weighted by Gasteiger charge is 2.32. The van der Waals surface area contributed by atoms with E-state index in [9.17, 15) is 4.79 Å². The molecule has 0 radical (unpaired) electrons. The molecule has 0 spiro atoms. The third-order valence-electron chi connectivity index (χ3n) is 4.83. The van der Waals surface area contributed by atoms with E-state index in [1.165, 1.54) is 18.6 Å². The Kier molecular flexibility index (Phi) is 5.76. The second kappa shape index (κ2) is 7.93. The van der Waals surface area contributed by atoms with E-state index in [1.807, 2.05) is 0 Å². The maximum atomic E-state index is 12.3. The SMILES string of the molecule is CC1(C)CCc2c(Nc3c(Cl)cncc3Cl)nc(NCC=N)c(C(N)=O)c2C1. The molecule has 28 heavy (non-hydrogen) atoms. The van der Waals surface area contributed by atoms with E-state index in [0.717, 1.165) is 24.0 Å². The van der Waals surface area contributed by atoms with Gasteiger partial charge in [0.15, 0.2) is 0 Å². The van der Waals surface area contributed by atoms with Crippen molar-refractivity contribution in [3.05, 3.63) is 39.1 Å². The highest BCUT2D eigenvalue weighted by atomic mass is 35.5. The summed E-state index contributed by atoms with van der Waals surface area (Å²) in [5, 5.41) is 14.2. The fourth-order valence-electron chi connectivity index (χ4n) is 3.46. The quantitative estimate of drug-likeness (QED) is 0.522. The number of hydrogen-bond donors (Lipinski definition) is 4. The molecule has 3 rings (SSSR count). The van der Waals surface area contributed by atoms with Gasteiger partial charge in [0.1, 0.15) is 11.6 Å². The Morgan fingerprint density at radius 3 is 2.57 bits per heavy atom. The minimum absolute atomic E-state index is 0.0284. The topological polar surface area (TPSA) is 117 Å². The number of primary amides is 1. The van der Waals surface area contributed by atoms with E-state index in [4.69, 9.17) is 34.3 Å². The van der Waals surface area contributed by atoms with Crippen LogP contribution in [0.5, 0.6) is 0 Å². The van der Waals surface area contributed by atoms with Crippen molar-refractivity contribution in [3.8, 4) is 0 Å². The first-order chi connectivity index (χ1) is 13.2. The molecule has 148 valence electrons. The molecule has 5 N–H and O–H groups in total. The summed E-state index contributed by atoms with van der Waals surface area (Å²) in [6.45, 7) is 4.55. The Hall–Kier alpha value is -2.38. The first kappa shape index (κ1) is 20.4. The Morgan fingerprint density at radius 2 is 1.96 bits per heavy atom. The molecule has 1 amide bonds. The number of rotatable bonds is 6. The molecule has 0 bridgehead atoms. The van der Waals surface area contributed by atoms with Crippen LogP contribution in [0.2, 0.25) is 10.0 Å². The summed E-state index contributed by atoms with van der Waals surface area (Å²) < 4.78 is 0. The molecule has 0 saturated carbocycles. The Balaban J connectivity index is 2.19. The first-order valence-corrected chi connectivity index (χ1v) is 9.63. The number of pyridine rings is 2. The lowest BCUT2D eigenvalue weighted by molar-refractivity contribution is 0.0999. The smallest absolute Gasteiger partial charge is 0.252 e. The third-order valence-corrected chi connectivity index (χ3v) is 5.41. The fourth-order valence-corrected chi connectivity index (χ4v) is 3.92. The predicted molar refractivity (Wildman–Crippen MR) is 113 cm³/mol. The molecule has 0 saturated heterocycles. The van der Waals surface area contributed by atoms with Crippen molar-refractivity contribution in [3.63, 3.8) is 0 Å². The van der Waals surface area contributed by atoms with E-state index in [-0.39, 0.29) is 12.0 Å². The van der Waals surface area contributed by atoms with Gasteiger partial charge in [-0.15, -0.1) is 0 Å². The number of amides is 1. The lowest BCUT2D eigenvalue weighted by Crippen LogP contribution is -2.29. The van der Waals surface area contributed by atoms with Crippen molar-refractivity contribution in [2.45, 2.75) is 33.1 Å². The number of fused-ring (bicyclic) bond motifs is 1. The molecule has 1 aliphatic rings. The fraction of sp³-hybridized carbons (Fsp3) is 0.368. The minimum atomic E-state index is -0.541. The van der Waals surface area contributed by atoms with Crippen molar-refractivity contribution in [1.82, 2.24) is 9.97 Å². The number of anilines is 3. The van der Waals surface area contributed by atoms with Crippen LogP contribution in [-0.2, 0) is 12.8 Å². The van der Waals surface area contributed by atoms with Crippen LogP contribution in [0.25, 0.3) is 0 Å². The van der Waals surface area contributed by atoms with Crippen LogP contribution in [0.4, 0.5) is 17.3 Å². The van der Waals surface area contributed by atoms with Gasteiger partial charge >= 0.3 is 0 Å². The number of aromatic nitrogens is 2. The lowest BCUT2D eigenvalue weighted by atomic mass is 9.73. The molecule has 9 heteroatoms. The first-order valence-electron chi connectivity index (χ1n) is 8.88. The largest absolute Gasteiger partial charge is 0.365 e. The molecule has 0 atom stereocenters. The number of halogens is 2. The molecule has 2 aromatic heterocycles. The van der Waals surface area contributed by atoms with Crippen molar-refractivity contribution in [2.75, 3.05) is 17.2 Å². The van der Waals surface area contributed by atoms with Crippen molar-refractivity contribution >= 4 is 52.6 Å². The number of nitrogens with one attached hydrogen (secondary N) is 3. The normalized spacial score (nSPS) is 14.9. The summed E-state index contributed by atoms with van der Waals surface area (Å²) in [4.78, 5) is 20.8. The van der Waals surface area contributed by atoms with Crippen molar-refractivity contribution in [2.24, 2.45) is 11.1 Å². The lowest BCUT2D eigenvalue weighted by Gasteiger charge is -2.34. The van der Waals surface area contributed by atoms with Gasteiger partial charge in [-0.05, 0) is 35.8 Å². The van der Waals surface area contributed by atoms with Gasteiger partial charge < -0.3 is 21.8 Å². The van der Waals surface area contributed by atoms with E-state index in [0.29, 0.717) is 39.4 Å². The maximum absolute atomic E-state index is 12.3. The molecular weight excluding hydrogens is 399 g/mol. The average Bonchev–Trinajstić information content (AvgIpc) is 2.61. The van der Waals surface area contributed by atoms with Gasteiger partial charge in [-0.1, -0.05) is 37.0 Å². The summed E-state index contributed by atoms with van der Waals surface area (Å²) in [7, 11) is 0. The van der Waals surface area contributed by atoms with E-state index in [1.54, 1.807) is 0 Å². The Bertz CT molecular complexity index is 924. The molecular formula is C19H22Cl2N6O. The van der Waals surface area contributed by atoms with Crippen LogP contribution < -0.4 is 16.4 Å². The zero-order valence-corrected chi connectivity index (χ0v) is 17.2. The summed E-state index contributed by atoms with van der Waals surface area (Å²) in [6.07, 6.45) is 6.56. The summed E-state index contributed by atoms with van der Waals surface area (Å²) in [6, 6.07) is 0. The molecule has 7 nitrogen and oxygen atoms in total. The number of nitrogens with zero attached hydrogens (tertiary/aromatic N) is 2. The second-order valence-electron chi connectivity index (χ2n) is 7.53. The maximum Gasteiger partial charge on any atom is 0.252 e. The molecule has 0 aliphatic heterocycles. The number of hydrogen-bond acceptors (Lipinski definition) is 6. The highest BCUT2D eigenvalue weighted by molar-refractivity contribution is 6.39. The van der Waals surface area contributed by atoms with E-state index >= 15 is 0 Å². The Labute approximate surface area is 173 Å². The van der Waals surface area contributed by atoms with Gasteiger partial charge in [-0.3, -0.25) is 9.78 Å². The van der Waals surface area contributed by atoms with Crippen molar-refractivity contribution < 1.29 is 4.79 Å². The Morgan fingerprint density at radius 1 is 1.29 bits per heavy atom.